The van der Waals surface area contributed by atoms with Crippen molar-refractivity contribution in [3.8, 4) is 0 Å². The number of aromatic nitrogens is 2. The van der Waals surface area contributed by atoms with E-state index >= 15 is 0 Å². The maximum absolute atomic E-state index is 12.5. The van der Waals surface area contributed by atoms with E-state index in [4.69, 9.17) is 0 Å². The third kappa shape index (κ3) is 5.43. The van der Waals surface area contributed by atoms with Crippen molar-refractivity contribution >= 4 is 44.4 Å². The van der Waals surface area contributed by atoms with E-state index in [0.717, 1.165) is 54.5 Å². The van der Waals surface area contributed by atoms with Crippen LogP contribution in [0.2, 0.25) is 0 Å². The van der Waals surface area contributed by atoms with Gasteiger partial charge in [0.1, 0.15) is 0 Å². The van der Waals surface area contributed by atoms with Gasteiger partial charge in [-0.2, -0.15) is 16.1 Å². The Labute approximate surface area is 167 Å². The first kappa shape index (κ1) is 20.1. The third-order valence-corrected chi connectivity index (χ3v) is 7.23. The molecule has 10 heteroatoms. The number of amides is 1. The van der Waals surface area contributed by atoms with Crippen molar-refractivity contribution in [1.29, 1.82) is 0 Å². The minimum atomic E-state index is -3.72. The molecule has 1 aliphatic rings. The van der Waals surface area contributed by atoms with Gasteiger partial charge in [0, 0.05) is 36.1 Å². The van der Waals surface area contributed by atoms with Crippen LogP contribution in [-0.2, 0) is 27.7 Å². The first-order valence-electron chi connectivity index (χ1n) is 8.78. The number of benzene rings is 1. The van der Waals surface area contributed by atoms with Gasteiger partial charge in [0.05, 0.1) is 11.3 Å². The number of rotatable bonds is 7. The molecule has 1 saturated heterocycles. The number of nitrogens with zero attached hydrogens (tertiary/aromatic N) is 3. The second-order valence-corrected chi connectivity index (χ2v) is 9.84. The molecular weight excluding hydrogens is 404 g/mol. The van der Waals surface area contributed by atoms with E-state index in [-0.39, 0.29) is 22.4 Å². The fourth-order valence-corrected chi connectivity index (χ4v) is 5.44. The summed E-state index contributed by atoms with van der Waals surface area (Å²) in [5.74, 6) is 2.21. The van der Waals surface area contributed by atoms with Crippen molar-refractivity contribution in [3.63, 3.8) is 0 Å². The number of sulfonamides is 1. The number of carbonyl (C=O) groups excluding carboxylic acids is 1. The Morgan fingerprint density at radius 3 is 2.59 bits per heavy atom. The summed E-state index contributed by atoms with van der Waals surface area (Å²) in [6.45, 7) is 3.55. The Balaban J connectivity index is 1.62. The molecule has 0 saturated carbocycles. The summed E-state index contributed by atoms with van der Waals surface area (Å²) < 4.78 is 31.6. The highest BCUT2D eigenvalue weighted by molar-refractivity contribution is 7.99. The van der Waals surface area contributed by atoms with Gasteiger partial charge in [-0.05, 0) is 24.1 Å². The van der Waals surface area contributed by atoms with Crippen molar-refractivity contribution in [2.45, 2.75) is 31.1 Å². The standard InChI is InChI=1S/C17H22N4O3S3/c1-2-3-13-4-6-14(7-5-13)27(23,24)20-17-18-15(19-26-17)12-16(22)21-8-10-25-11-9-21/h4-7H,2-3,8-12H2,1H3,(H,18,19,20). The quantitative estimate of drug-likeness (QED) is 0.731. The Bertz CT molecular complexity index is 875. The Hall–Kier alpha value is -1.65. The summed E-state index contributed by atoms with van der Waals surface area (Å²) >= 11 is 2.78. The minimum absolute atomic E-state index is 0.0194. The molecule has 27 heavy (non-hydrogen) atoms. The highest BCUT2D eigenvalue weighted by Gasteiger charge is 2.21. The molecule has 0 atom stereocenters. The zero-order valence-electron chi connectivity index (χ0n) is 15.1. The summed E-state index contributed by atoms with van der Waals surface area (Å²) in [7, 11) is -3.72. The van der Waals surface area contributed by atoms with Crippen LogP contribution in [0, 0.1) is 0 Å². The van der Waals surface area contributed by atoms with E-state index in [9.17, 15) is 13.2 Å². The molecule has 0 aliphatic carbocycles. The molecular formula is C17H22N4O3S3. The molecule has 0 radical (unpaired) electrons. The van der Waals surface area contributed by atoms with E-state index < -0.39 is 10.0 Å². The van der Waals surface area contributed by atoms with Crippen LogP contribution in [0.4, 0.5) is 5.13 Å². The Morgan fingerprint density at radius 1 is 1.22 bits per heavy atom. The second-order valence-electron chi connectivity index (χ2n) is 6.19. The van der Waals surface area contributed by atoms with E-state index in [0.29, 0.717) is 5.82 Å². The van der Waals surface area contributed by atoms with Crippen LogP contribution in [0.15, 0.2) is 29.2 Å². The molecule has 146 valence electrons. The molecule has 0 spiro atoms. The fraction of sp³-hybridized carbons (Fsp3) is 0.471. The number of carbonyl (C=O) groups is 1. The van der Waals surface area contributed by atoms with Crippen molar-refractivity contribution in [1.82, 2.24) is 14.3 Å². The molecule has 1 aliphatic heterocycles. The average Bonchev–Trinajstić information content (AvgIpc) is 3.09. The molecule has 1 aromatic heterocycles. The van der Waals surface area contributed by atoms with Crippen LogP contribution in [0.25, 0.3) is 0 Å². The predicted octanol–water partition coefficient (Wildman–Crippen LogP) is 2.41. The summed E-state index contributed by atoms with van der Waals surface area (Å²) in [5.41, 5.74) is 1.10. The molecule has 2 heterocycles. The van der Waals surface area contributed by atoms with Crippen LogP contribution >= 0.6 is 23.3 Å². The van der Waals surface area contributed by atoms with Crippen LogP contribution in [0.1, 0.15) is 24.7 Å². The zero-order chi connectivity index (χ0) is 19.3. The van der Waals surface area contributed by atoms with Gasteiger partial charge in [-0.1, -0.05) is 25.5 Å². The van der Waals surface area contributed by atoms with Gasteiger partial charge in [-0.15, -0.1) is 0 Å². The lowest BCUT2D eigenvalue weighted by atomic mass is 10.1. The smallest absolute Gasteiger partial charge is 0.263 e. The molecule has 1 amide bonds. The molecule has 0 unspecified atom stereocenters. The topological polar surface area (TPSA) is 92.3 Å². The monoisotopic (exact) mass is 426 g/mol. The lowest BCUT2D eigenvalue weighted by Gasteiger charge is -2.25. The number of anilines is 1. The Morgan fingerprint density at radius 2 is 1.93 bits per heavy atom. The highest BCUT2D eigenvalue weighted by Crippen LogP contribution is 2.19. The van der Waals surface area contributed by atoms with Crippen molar-refractivity contribution < 1.29 is 13.2 Å². The van der Waals surface area contributed by atoms with E-state index in [1.165, 1.54) is 0 Å². The number of hydrogen-bond acceptors (Lipinski definition) is 7. The van der Waals surface area contributed by atoms with Crippen LogP contribution in [-0.4, -0.2) is 53.2 Å². The second kappa shape index (κ2) is 9.03. The molecule has 0 bridgehead atoms. The largest absolute Gasteiger partial charge is 0.341 e. The summed E-state index contributed by atoms with van der Waals surface area (Å²) in [6, 6.07) is 6.82. The first-order chi connectivity index (χ1) is 13.0. The SMILES string of the molecule is CCCc1ccc(S(=O)(=O)Nc2nc(CC(=O)N3CCSCC3)ns2)cc1. The van der Waals surface area contributed by atoms with Gasteiger partial charge in [-0.25, -0.2) is 13.4 Å². The molecule has 7 nitrogen and oxygen atoms in total. The normalized spacial score (nSPS) is 14.9. The molecule has 2 aromatic rings. The van der Waals surface area contributed by atoms with E-state index in [2.05, 4.69) is 21.0 Å². The number of thioether (sulfide) groups is 1. The highest BCUT2D eigenvalue weighted by atomic mass is 32.2. The number of nitrogens with one attached hydrogen (secondary N) is 1. The van der Waals surface area contributed by atoms with Gasteiger partial charge in [-0.3, -0.25) is 9.52 Å². The predicted molar refractivity (Wildman–Crippen MR) is 109 cm³/mol. The van der Waals surface area contributed by atoms with Gasteiger partial charge < -0.3 is 4.90 Å². The molecule has 1 fully saturated rings. The van der Waals surface area contributed by atoms with Crippen LogP contribution < -0.4 is 4.72 Å². The van der Waals surface area contributed by atoms with Crippen LogP contribution in [0.5, 0.6) is 0 Å². The van der Waals surface area contributed by atoms with E-state index in [1.54, 1.807) is 17.0 Å². The van der Waals surface area contributed by atoms with Crippen molar-refractivity contribution in [2.24, 2.45) is 0 Å². The summed E-state index contributed by atoms with van der Waals surface area (Å²) in [4.78, 5) is 18.4. The third-order valence-electron chi connectivity index (χ3n) is 4.14. The first-order valence-corrected chi connectivity index (χ1v) is 12.2. The van der Waals surface area contributed by atoms with E-state index in [1.807, 2.05) is 23.9 Å². The average molecular weight is 427 g/mol. The lowest BCUT2D eigenvalue weighted by molar-refractivity contribution is -0.130. The molecule has 3 rings (SSSR count). The molecule has 1 N–H and O–H groups in total. The van der Waals surface area contributed by atoms with Gasteiger partial charge >= 0.3 is 0 Å². The van der Waals surface area contributed by atoms with Gasteiger partial charge in [0.15, 0.2) is 5.82 Å². The maximum Gasteiger partial charge on any atom is 0.263 e. The van der Waals surface area contributed by atoms with Gasteiger partial charge in [0.2, 0.25) is 11.0 Å². The Kier molecular flexibility index (Phi) is 6.72. The van der Waals surface area contributed by atoms with Gasteiger partial charge in [0.25, 0.3) is 10.0 Å². The summed E-state index contributed by atoms with van der Waals surface area (Å²) in [6.07, 6.45) is 2.01. The van der Waals surface area contributed by atoms with Crippen molar-refractivity contribution in [2.75, 3.05) is 29.3 Å². The van der Waals surface area contributed by atoms with Crippen LogP contribution in [0.3, 0.4) is 0 Å². The minimum Gasteiger partial charge on any atom is -0.341 e. The number of aryl methyl sites for hydroxylation is 1. The lowest BCUT2D eigenvalue weighted by Crippen LogP contribution is -2.38. The maximum atomic E-state index is 12.5. The molecule has 1 aromatic carbocycles. The number of hydrogen-bond donors (Lipinski definition) is 1. The zero-order valence-corrected chi connectivity index (χ0v) is 17.5. The fourth-order valence-electron chi connectivity index (χ4n) is 2.72. The summed E-state index contributed by atoms with van der Waals surface area (Å²) in [5, 5.41) is 0.171. The van der Waals surface area contributed by atoms with Crippen molar-refractivity contribution in [3.05, 3.63) is 35.7 Å².